The van der Waals surface area contributed by atoms with Gasteiger partial charge in [0.05, 0.1) is 12.2 Å². The van der Waals surface area contributed by atoms with Crippen LogP contribution in [0.5, 0.6) is 6.01 Å². The number of rotatable bonds is 6. The second kappa shape index (κ2) is 10.7. The van der Waals surface area contributed by atoms with Crippen LogP contribution in [0, 0.1) is 18.3 Å². The number of hydrogen-bond acceptors (Lipinski definition) is 6. The quantitative estimate of drug-likeness (QED) is 0.435. The molecule has 4 heterocycles. The van der Waals surface area contributed by atoms with Crippen molar-refractivity contribution < 1.29 is 9.13 Å². The van der Waals surface area contributed by atoms with E-state index in [1.165, 1.54) is 18.1 Å². The van der Waals surface area contributed by atoms with Gasteiger partial charge in [-0.25, -0.2) is 11.0 Å². The standard InChI is InChI=1S/C30H35FN6O/c1-32-17-21-6-4-14-37(18-21)29-25-12-15-36(28-9-3-7-22-10-11-23(31)16-26(22)28)19-27(25)33-30(34-29)38-20-24-8-5-13-35(24)2/h3,7,9-11,16,21,24H,4-6,8,12-15,17-20H2,2H3/t21-,24-/m0/s1. The summed E-state index contributed by atoms with van der Waals surface area (Å²) >= 11 is 0. The number of fused-ring (bicyclic) bond motifs is 2. The highest BCUT2D eigenvalue weighted by molar-refractivity contribution is 5.94. The highest BCUT2D eigenvalue weighted by Crippen LogP contribution is 2.35. The van der Waals surface area contributed by atoms with E-state index in [4.69, 9.17) is 21.3 Å². The van der Waals surface area contributed by atoms with E-state index in [-0.39, 0.29) is 5.82 Å². The van der Waals surface area contributed by atoms with Crippen LogP contribution in [0.1, 0.15) is 36.9 Å². The summed E-state index contributed by atoms with van der Waals surface area (Å²) in [7, 11) is 2.15. The molecule has 0 aliphatic carbocycles. The van der Waals surface area contributed by atoms with Gasteiger partial charge in [-0.05, 0) is 69.3 Å². The first-order valence-corrected chi connectivity index (χ1v) is 13.8. The molecule has 2 atom stereocenters. The molecule has 0 bridgehead atoms. The predicted octanol–water partition coefficient (Wildman–Crippen LogP) is 4.94. The first-order chi connectivity index (χ1) is 18.6. The van der Waals surface area contributed by atoms with E-state index < -0.39 is 0 Å². The van der Waals surface area contributed by atoms with Crippen LogP contribution in [0.2, 0.25) is 0 Å². The van der Waals surface area contributed by atoms with E-state index in [0.29, 0.717) is 37.7 Å². The Hall–Kier alpha value is -3.44. The molecule has 3 aliphatic heterocycles. The summed E-state index contributed by atoms with van der Waals surface area (Å²) in [5.74, 6) is 1.12. The van der Waals surface area contributed by atoms with E-state index >= 15 is 0 Å². The van der Waals surface area contributed by atoms with Gasteiger partial charge in [0.25, 0.3) is 0 Å². The van der Waals surface area contributed by atoms with Crippen molar-refractivity contribution in [3.63, 3.8) is 0 Å². The molecule has 0 saturated carbocycles. The van der Waals surface area contributed by atoms with Gasteiger partial charge in [-0.2, -0.15) is 9.97 Å². The van der Waals surface area contributed by atoms with Gasteiger partial charge in [-0.3, -0.25) is 0 Å². The summed E-state index contributed by atoms with van der Waals surface area (Å²) in [6.07, 6.45) is 5.29. The summed E-state index contributed by atoms with van der Waals surface area (Å²) in [5.41, 5.74) is 3.19. The lowest BCUT2D eigenvalue weighted by Crippen LogP contribution is -2.39. The average molecular weight is 515 g/mol. The third-order valence-electron chi connectivity index (χ3n) is 8.43. The monoisotopic (exact) mass is 514 g/mol. The highest BCUT2D eigenvalue weighted by Gasteiger charge is 2.30. The van der Waals surface area contributed by atoms with Gasteiger partial charge in [0.1, 0.15) is 18.2 Å². The number of nitrogens with zero attached hydrogens (tertiary/aromatic N) is 6. The zero-order chi connectivity index (χ0) is 26.1. The van der Waals surface area contributed by atoms with Crippen LogP contribution in [-0.2, 0) is 13.0 Å². The van der Waals surface area contributed by atoms with Crippen molar-refractivity contribution in [1.29, 1.82) is 0 Å². The van der Waals surface area contributed by atoms with E-state index in [1.54, 1.807) is 6.07 Å². The number of hydrogen-bond donors (Lipinski definition) is 0. The van der Waals surface area contributed by atoms with Gasteiger partial charge in [-0.15, -0.1) is 0 Å². The van der Waals surface area contributed by atoms with Gasteiger partial charge < -0.3 is 24.3 Å². The van der Waals surface area contributed by atoms with Crippen LogP contribution in [-0.4, -0.2) is 67.3 Å². The fraction of sp³-hybridized carbons (Fsp3) is 0.500. The lowest BCUT2D eigenvalue weighted by Gasteiger charge is -2.36. The molecular weight excluding hydrogens is 479 g/mol. The Morgan fingerprint density at radius 1 is 1.08 bits per heavy atom. The van der Waals surface area contributed by atoms with Crippen molar-refractivity contribution >= 4 is 22.3 Å². The summed E-state index contributed by atoms with van der Waals surface area (Å²) in [5, 5.41) is 1.95. The van der Waals surface area contributed by atoms with Crippen LogP contribution in [0.3, 0.4) is 0 Å². The fourth-order valence-electron chi connectivity index (χ4n) is 6.32. The van der Waals surface area contributed by atoms with Crippen LogP contribution in [0.25, 0.3) is 15.6 Å². The maximum absolute atomic E-state index is 14.2. The fourth-order valence-corrected chi connectivity index (χ4v) is 6.32. The molecule has 3 aliphatic rings. The smallest absolute Gasteiger partial charge is 0.318 e. The minimum atomic E-state index is -0.224. The van der Waals surface area contributed by atoms with E-state index in [0.717, 1.165) is 79.8 Å². The summed E-state index contributed by atoms with van der Waals surface area (Å²) in [6.45, 7) is 12.8. The average Bonchev–Trinajstić information content (AvgIpc) is 3.35. The number of benzene rings is 2. The molecule has 0 radical (unpaired) electrons. The summed E-state index contributed by atoms with van der Waals surface area (Å²) in [6, 6.07) is 11.9. The number of likely N-dealkylation sites (tertiary alicyclic amines) is 1. The minimum Gasteiger partial charge on any atom is -0.462 e. The SMILES string of the molecule is [C-]#[N+]C[C@@H]1CCCN(c2nc(OC[C@@H]3CCCN3C)nc3c2CCN(c2cccc4ccc(F)cc24)C3)C1. The number of aromatic nitrogens is 2. The Kier molecular flexibility index (Phi) is 7.03. The van der Waals surface area contributed by atoms with Crippen molar-refractivity contribution in [3.05, 3.63) is 64.9 Å². The molecule has 2 fully saturated rings. The van der Waals surface area contributed by atoms with Crippen LogP contribution >= 0.6 is 0 Å². The molecule has 7 nitrogen and oxygen atoms in total. The number of ether oxygens (including phenoxy) is 1. The Bertz CT molecular complexity index is 1360. The van der Waals surface area contributed by atoms with Gasteiger partial charge in [0.15, 0.2) is 0 Å². The maximum Gasteiger partial charge on any atom is 0.318 e. The molecule has 2 saturated heterocycles. The molecule has 0 unspecified atom stereocenters. The van der Waals surface area contributed by atoms with Gasteiger partial charge in [-0.1, -0.05) is 18.2 Å². The molecule has 6 rings (SSSR count). The molecule has 0 amide bonds. The highest BCUT2D eigenvalue weighted by atomic mass is 19.1. The molecule has 38 heavy (non-hydrogen) atoms. The molecule has 2 aromatic carbocycles. The number of piperidine rings is 1. The van der Waals surface area contributed by atoms with Crippen molar-refractivity contribution in [2.24, 2.45) is 5.92 Å². The van der Waals surface area contributed by atoms with Gasteiger partial charge in [0, 0.05) is 48.2 Å². The zero-order valence-corrected chi connectivity index (χ0v) is 22.1. The normalized spacial score (nSPS) is 21.9. The van der Waals surface area contributed by atoms with Gasteiger partial charge >= 0.3 is 6.01 Å². The zero-order valence-electron chi connectivity index (χ0n) is 22.1. The molecule has 0 spiro atoms. The Morgan fingerprint density at radius 3 is 2.82 bits per heavy atom. The Labute approximate surface area is 224 Å². The predicted molar refractivity (Wildman–Crippen MR) is 148 cm³/mol. The molecular formula is C30H35FN6O. The van der Waals surface area contributed by atoms with Crippen molar-refractivity contribution in [3.8, 4) is 6.01 Å². The number of halogens is 1. The van der Waals surface area contributed by atoms with Crippen LogP contribution < -0.4 is 14.5 Å². The topological polar surface area (TPSA) is 49.1 Å². The second-order valence-corrected chi connectivity index (χ2v) is 11.0. The van der Waals surface area contributed by atoms with Crippen LogP contribution in [0.4, 0.5) is 15.9 Å². The number of anilines is 2. The largest absolute Gasteiger partial charge is 0.462 e. The first kappa shape index (κ1) is 24.9. The summed E-state index contributed by atoms with van der Waals surface area (Å²) < 4.78 is 20.4. The summed E-state index contributed by atoms with van der Waals surface area (Å²) in [4.78, 5) is 20.6. The molecule has 0 N–H and O–H groups in total. The Balaban J connectivity index is 1.33. The Morgan fingerprint density at radius 2 is 1.97 bits per heavy atom. The molecule has 1 aromatic heterocycles. The molecule has 8 heteroatoms. The first-order valence-electron chi connectivity index (χ1n) is 13.8. The maximum atomic E-state index is 14.2. The van der Waals surface area contributed by atoms with Crippen molar-refractivity contribution in [2.45, 2.75) is 44.7 Å². The molecule has 3 aromatic rings. The van der Waals surface area contributed by atoms with Gasteiger partial charge in [0.2, 0.25) is 6.54 Å². The van der Waals surface area contributed by atoms with E-state index in [1.807, 2.05) is 18.2 Å². The van der Waals surface area contributed by atoms with Crippen molar-refractivity contribution in [1.82, 2.24) is 14.9 Å². The lowest BCUT2D eigenvalue weighted by atomic mass is 9.96. The third kappa shape index (κ3) is 5.00. The number of likely N-dealkylation sites (N-methyl/N-ethyl adjacent to an activating group) is 1. The minimum absolute atomic E-state index is 0.224. The van der Waals surface area contributed by atoms with Crippen molar-refractivity contribution in [2.75, 3.05) is 56.2 Å². The molecule has 198 valence electrons. The van der Waals surface area contributed by atoms with E-state index in [9.17, 15) is 4.39 Å². The lowest BCUT2D eigenvalue weighted by molar-refractivity contribution is 0.187. The third-order valence-corrected chi connectivity index (χ3v) is 8.43. The van der Waals surface area contributed by atoms with Crippen LogP contribution in [0.15, 0.2) is 36.4 Å². The second-order valence-electron chi connectivity index (χ2n) is 11.0. The van der Waals surface area contributed by atoms with E-state index in [2.05, 4.69) is 32.7 Å².